The SMILES string of the molecule is CCCCCCCCOC(=O)[C@H](CCc1ccccc1)N[C@@H](C)C(=O)N1[C@H](C(=O)OCCCCCCCC)C[C@@H]2CCC[C@@H]21. The smallest absolute Gasteiger partial charge is 0.328 e. The third-order valence-electron chi connectivity index (χ3n) is 9.52. The van der Waals surface area contributed by atoms with Gasteiger partial charge in [0.2, 0.25) is 5.91 Å². The molecule has 1 amide bonds. The standard InChI is InChI=1S/C37H60N2O5/c1-4-6-8-10-12-17-26-43-36(41)32(25-24-30-20-15-14-16-21-30)38-29(3)35(40)39-33-23-19-22-31(33)28-34(39)37(42)44-27-18-13-11-9-7-5-2/h14-16,20-21,29,31-34,38H,4-13,17-19,22-28H2,1-3H3/t29-,31-,32-,33-,34-/m0/s1. The van der Waals surface area contributed by atoms with Crippen LogP contribution in [0.25, 0.3) is 0 Å². The monoisotopic (exact) mass is 612 g/mol. The molecule has 1 aromatic rings. The molecule has 1 saturated heterocycles. The van der Waals surface area contributed by atoms with E-state index >= 15 is 0 Å². The summed E-state index contributed by atoms with van der Waals surface area (Å²) in [5.41, 5.74) is 1.14. The van der Waals surface area contributed by atoms with Gasteiger partial charge in [-0.1, -0.05) is 115 Å². The molecule has 1 aliphatic carbocycles. The molecule has 7 nitrogen and oxygen atoms in total. The Kier molecular flexibility index (Phi) is 16.9. The van der Waals surface area contributed by atoms with E-state index < -0.39 is 18.1 Å². The Morgan fingerprint density at radius 2 is 1.45 bits per heavy atom. The van der Waals surface area contributed by atoms with Crippen LogP contribution in [0.4, 0.5) is 0 Å². The molecule has 1 aromatic carbocycles. The summed E-state index contributed by atoms with van der Waals surface area (Å²) >= 11 is 0. The van der Waals surface area contributed by atoms with Gasteiger partial charge in [0.15, 0.2) is 0 Å². The highest BCUT2D eigenvalue weighted by atomic mass is 16.5. The van der Waals surface area contributed by atoms with Crippen LogP contribution in [-0.4, -0.2) is 60.1 Å². The van der Waals surface area contributed by atoms with Crippen LogP contribution in [0.3, 0.4) is 0 Å². The number of amides is 1. The number of hydrogen-bond acceptors (Lipinski definition) is 6. The van der Waals surface area contributed by atoms with Crippen molar-refractivity contribution in [3.63, 3.8) is 0 Å². The fourth-order valence-electron chi connectivity index (χ4n) is 6.95. The highest BCUT2D eigenvalue weighted by Gasteiger charge is 2.50. The van der Waals surface area contributed by atoms with Gasteiger partial charge in [0, 0.05) is 6.04 Å². The van der Waals surface area contributed by atoms with Crippen molar-refractivity contribution >= 4 is 17.8 Å². The third-order valence-corrected chi connectivity index (χ3v) is 9.52. The molecule has 44 heavy (non-hydrogen) atoms. The number of carbonyl (C=O) groups excluding carboxylic acids is 3. The van der Waals surface area contributed by atoms with E-state index in [1.54, 1.807) is 0 Å². The Labute approximate surface area is 267 Å². The number of nitrogens with zero attached hydrogens (tertiary/aromatic N) is 1. The minimum Gasteiger partial charge on any atom is -0.465 e. The minimum atomic E-state index is -0.620. The number of benzene rings is 1. The number of nitrogens with one attached hydrogen (secondary N) is 1. The predicted molar refractivity (Wildman–Crippen MR) is 176 cm³/mol. The summed E-state index contributed by atoms with van der Waals surface area (Å²) in [6.07, 6.45) is 18.5. The summed E-state index contributed by atoms with van der Waals surface area (Å²) in [4.78, 5) is 42.4. The summed E-state index contributed by atoms with van der Waals surface area (Å²) in [5.74, 6) is -0.347. The normalized spacial score (nSPS) is 20.7. The van der Waals surface area contributed by atoms with Crippen molar-refractivity contribution in [2.75, 3.05) is 13.2 Å². The van der Waals surface area contributed by atoms with Gasteiger partial charge < -0.3 is 14.4 Å². The largest absolute Gasteiger partial charge is 0.465 e. The van der Waals surface area contributed by atoms with Crippen LogP contribution >= 0.6 is 0 Å². The predicted octanol–water partition coefficient (Wildman–Crippen LogP) is 7.54. The molecule has 5 atom stereocenters. The lowest BCUT2D eigenvalue weighted by Gasteiger charge is -2.32. The first kappa shape index (κ1) is 36.1. The zero-order valence-electron chi connectivity index (χ0n) is 27.9. The van der Waals surface area contributed by atoms with Crippen LogP contribution in [-0.2, 0) is 30.3 Å². The zero-order chi connectivity index (χ0) is 31.6. The van der Waals surface area contributed by atoms with E-state index in [0.717, 1.165) is 56.9 Å². The van der Waals surface area contributed by atoms with Gasteiger partial charge in [0.25, 0.3) is 0 Å². The highest BCUT2D eigenvalue weighted by molar-refractivity contribution is 5.89. The molecule has 248 valence electrons. The second kappa shape index (κ2) is 20.6. The van der Waals surface area contributed by atoms with E-state index in [0.29, 0.717) is 38.4 Å². The molecule has 3 rings (SSSR count). The molecule has 2 aliphatic rings. The van der Waals surface area contributed by atoms with Crippen molar-refractivity contribution in [2.45, 2.75) is 161 Å². The van der Waals surface area contributed by atoms with Gasteiger partial charge in [-0.15, -0.1) is 0 Å². The quantitative estimate of drug-likeness (QED) is 0.108. The molecule has 0 unspecified atom stereocenters. The van der Waals surface area contributed by atoms with Crippen LogP contribution in [0.1, 0.15) is 135 Å². The molecule has 0 radical (unpaired) electrons. The van der Waals surface area contributed by atoms with Gasteiger partial charge in [-0.05, 0) is 63.4 Å². The minimum absolute atomic E-state index is 0.0702. The number of unbranched alkanes of at least 4 members (excludes halogenated alkanes) is 10. The van der Waals surface area contributed by atoms with E-state index in [9.17, 15) is 14.4 Å². The number of fused-ring (bicyclic) bond motifs is 1. The first-order chi connectivity index (χ1) is 21.5. The van der Waals surface area contributed by atoms with Crippen LogP contribution in [0.2, 0.25) is 0 Å². The van der Waals surface area contributed by atoms with Gasteiger partial charge in [0.1, 0.15) is 12.1 Å². The number of likely N-dealkylation sites (tertiary alicyclic amines) is 1. The van der Waals surface area contributed by atoms with Crippen LogP contribution in [0.15, 0.2) is 30.3 Å². The number of rotatable bonds is 22. The lowest BCUT2D eigenvalue weighted by atomic mass is 10.0. The number of esters is 2. The molecule has 1 saturated carbocycles. The van der Waals surface area contributed by atoms with Crippen molar-refractivity contribution in [3.05, 3.63) is 35.9 Å². The molecule has 0 spiro atoms. The van der Waals surface area contributed by atoms with Gasteiger partial charge in [-0.3, -0.25) is 14.9 Å². The zero-order valence-corrected chi connectivity index (χ0v) is 27.9. The summed E-state index contributed by atoms with van der Waals surface area (Å²) in [6.45, 7) is 7.04. The maximum atomic E-state index is 14.0. The average molecular weight is 613 g/mol. The van der Waals surface area contributed by atoms with Crippen molar-refractivity contribution in [1.82, 2.24) is 10.2 Å². The maximum absolute atomic E-state index is 14.0. The Balaban J connectivity index is 1.58. The molecule has 2 fully saturated rings. The van der Waals surface area contributed by atoms with Crippen molar-refractivity contribution in [1.29, 1.82) is 0 Å². The average Bonchev–Trinajstić information content (AvgIpc) is 3.64. The van der Waals surface area contributed by atoms with E-state index in [4.69, 9.17) is 9.47 Å². The highest BCUT2D eigenvalue weighted by Crippen LogP contribution is 2.42. The molecule has 0 aromatic heterocycles. The van der Waals surface area contributed by atoms with Crippen LogP contribution in [0, 0.1) is 5.92 Å². The lowest BCUT2D eigenvalue weighted by Crippen LogP contribution is -2.55. The maximum Gasteiger partial charge on any atom is 0.328 e. The van der Waals surface area contributed by atoms with Gasteiger partial charge in [0.05, 0.1) is 19.3 Å². The summed E-state index contributed by atoms with van der Waals surface area (Å²) in [5, 5.41) is 3.33. The molecular formula is C37H60N2O5. The summed E-state index contributed by atoms with van der Waals surface area (Å²) < 4.78 is 11.4. The van der Waals surface area contributed by atoms with Gasteiger partial charge in [-0.25, -0.2) is 4.79 Å². The molecule has 1 aliphatic heterocycles. The Hall–Kier alpha value is -2.41. The number of carbonyl (C=O) groups is 3. The Morgan fingerprint density at radius 3 is 2.11 bits per heavy atom. The fraction of sp³-hybridized carbons (Fsp3) is 0.757. The van der Waals surface area contributed by atoms with Crippen molar-refractivity contribution in [3.8, 4) is 0 Å². The fourth-order valence-corrected chi connectivity index (χ4v) is 6.95. The Morgan fingerprint density at radius 1 is 0.841 bits per heavy atom. The second-order valence-corrected chi connectivity index (χ2v) is 13.1. The summed E-state index contributed by atoms with van der Waals surface area (Å²) in [7, 11) is 0. The van der Waals surface area contributed by atoms with E-state index in [2.05, 4.69) is 31.3 Å². The first-order valence-electron chi connectivity index (χ1n) is 17.9. The number of ether oxygens (including phenoxy) is 2. The molecule has 0 bridgehead atoms. The van der Waals surface area contributed by atoms with E-state index in [1.165, 1.54) is 44.9 Å². The number of hydrogen-bond donors (Lipinski definition) is 1. The van der Waals surface area contributed by atoms with Crippen LogP contribution < -0.4 is 5.32 Å². The van der Waals surface area contributed by atoms with Crippen LogP contribution in [0.5, 0.6) is 0 Å². The molecular weight excluding hydrogens is 552 g/mol. The van der Waals surface area contributed by atoms with Crippen molar-refractivity contribution in [2.24, 2.45) is 5.92 Å². The van der Waals surface area contributed by atoms with E-state index in [1.807, 2.05) is 30.0 Å². The molecule has 1 N–H and O–H groups in total. The third kappa shape index (κ3) is 11.8. The topological polar surface area (TPSA) is 84.9 Å². The lowest BCUT2D eigenvalue weighted by molar-refractivity contribution is -0.156. The van der Waals surface area contributed by atoms with Crippen molar-refractivity contribution < 1.29 is 23.9 Å². The van der Waals surface area contributed by atoms with E-state index in [-0.39, 0.29) is 23.9 Å². The van der Waals surface area contributed by atoms with Gasteiger partial charge in [-0.2, -0.15) is 0 Å². The second-order valence-electron chi connectivity index (χ2n) is 13.1. The Bertz CT molecular complexity index is 970. The first-order valence-corrected chi connectivity index (χ1v) is 17.9. The number of aryl methyl sites for hydroxylation is 1. The van der Waals surface area contributed by atoms with Gasteiger partial charge >= 0.3 is 11.9 Å². The molecule has 1 heterocycles. The summed E-state index contributed by atoms with van der Waals surface area (Å²) in [6, 6.07) is 8.40. The molecule has 7 heteroatoms.